The van der Waals surface area contributed by atoms with Crippen LogP contribution < -0.4 is 55.4 Å². The molecule has 0 bridgehead atoms. The third kappa shape index (κ3) is 9.05. The van der Waals surface area contributed by atoms with Crippen LogP contribution in [0.15, 0.2) is 36.0 Å². The number of rotatable bonds is 14. The van der Waals surface area contributed by atoms with E-state index in [-0.39, 0.29) is 52.1 Å². The Balaban J connectivity index is 0.00000541. The van der Waals surface area contributed by atoms with Gasteiger partial charge in [0, 0.05) is 11.8 Å². The first-order valence-electron chi connectivity index (χ1n) is 14.2. The van der Waals surface area contributed by atoms with Crippen molar-refractivity contribution in [2.45, 2.75) is 67.6 Å². The number of phosphoric ester groups is 2. The second-order valence-corrected chi connectivity index (χ2v) is 14.6. The van der Waals surface area contributed by atoms with Gasteiger partial charge in [0.15, 0.2) is 46.9 Å². The van der Waals surface area contributed by atoms with Crippen molar-refractivity contribution in [1.29, 1.82) is 0 Å². The minimum absolute atomic E-state index is 0. The molecule has 5 heterocycles. The summed E-state index contributed by atoms with van der Waals surface area (Å²) in [5.41, 5.74) is 11.6. The number of pyridine rings is 1. The van der Waals surface area contributed by atoms with Crippen molar-refractivity contribution < 1.29 is 101 Å². The molecule has 3 aromatic heterocycles. The number of aliphatic hydroxyl groups excluding tert-OH is 4. The Hall–Kier alpha value is -1.66. The SMILES string of the molecule is CCCSc1nc2c(N)ncnc2n1[C@@H]1O[C@H](COP(=O)([O-])OP(=O)([O-])OC[C@H]2O[C@@H]([n+]3cccc(C(N)=O)c3)[C@H](O)[C@@H]2O)[C@@H](O)[C@H]1O.[Na+]. The quantitative estimate of drug-likeness (QED) is 0.0386. The molecule has 49 heavy (non-hydrogen) atoms. The number of carbonyl (C=O) groups excluding carboxylic acids is 1. The van der Waals surface area contributed by atoms with Crippen molar-refractivity contribution in [2.75, 3.05) is 24.7 Å². The van der Waals surface area contributed by atoms with Crippen LogP contribution in [-0.2, 0) is 32.0 Å². The van der Waals surface area contributed by atoms with E-state index >= 15 is 0 Å². The molecule has 2 aliphatic rings. The van der Waals surface area contributed by atoms with Gasteiger partial charge in [-0.3, -0.25) is 18.5 Å². The predicted octanol–water partition coefficient (Wildman–Crippen LogP) is -5.77. The third-order valence-corrected chi connectivity index (χ3v) is 10.9. The Bertz CT molecular complexity index is 1740. The zero-order chi connectivity index (χ0) is 35.0. The number of phosphoric acid groups is 2. The van der Waals surface area contributed by atoms with Gasteiger partial charge in [-0.25, -0.2) is 19.3 Å². The van der Waals surface area contributed by atoms with Crippen LogP contribution in [0.4, 0.5) is 5.82 Å². The first-order chi connectivity index (χ1) is 22.6. The fourth-order valence-corrected chi connectivity index (χ4v) is 7.81. The van der Waals surface area contributed by atoms with Gasteiger partial charge in [-0.15, -0.1) is 0 Å². The molecule has 0 aromatic carbocycles. The summed E-state index contributed by atoms with van der Waals surface area (Å²) in [6.07, 6.45) is -7.74. The number of primary amides is 1. The number of hydrogen-bond acceptors (Lipinski definition) is 19. The molecule has 264 valence electrons. The smallest absolute Gasteiger partial charge is 0.756 e. The van der Waals surface area contributed by atoms with E-state index < -0.39 is 83.8 Å². The molecule has 0 aliphatic carbocycles. The van der Waals surface area contributed by atoms with Gasteiger partial charge >= 0.3 is 29.6 Å². The van der Waals surface area contributed by atoms with Crippen LogP contribution in [0.2, 0.25) is 0 Å². The maximum atomic E-state index is 12.4. The Kier molecular flexibility index (Phi) is 13.4. The van der Waals surface area contributed by atoms with E-state index in [0.29, 0.717) is 10.9 Å². The summed E-state index contributed by atoms with van der Waals surface area (Å²) >= 11 is 1.28. The largest absolute Gasteiger partial charge is 1.00 e. The maximum absolute atomic E-state index is 12.4. The van der Waals surface area contributed by atoms with E-state index in [9.17, 15) is 44.1 Å². The minimum atomic E-state index is -5.71. The van der Waals surface area contributed by atoms with E-state index in [4.69, 9.17) is 20.9 Å². The van der Waals surface area contributed by atoms with E-state index in [2.05, 4.69) is 28.3 Å². The number of hydrogen-bond donors (Lipinski definition) is 6. The van der Waals surface area contributed by atoms with Gasteiger partial charge in [-0.1, -0.05) is 18.7 Å². The van der Waals surface area contributed by atoms with Crippen molar-refractivity contribution in [2.24, 2.45) is 5.73 Å². The zero-order valence-corrected chi connectivity index (χ0v) is 30.5. The number of amides is 1. The molecule has 25 heteroatoms. The number of anilines is 1. The Morgan fingerprint density at radius 2 is 1.69 bits per heavy atom. The van der Waals surface area contributed by atoms with Crippen molar-refractivity contribution in [3.63, 3.8) is 0 Å². The maximum Gasteiger partial charge on any atom is 1.00 e. The summed E-state index contributed by atoms with van der Waals surface area (Å²) in [7, 11) is -11.4. The molecule has 2 aliphatic heterocycles. The van der Waals surface area contributed by atoms with Crippen LogP contribution in [0.3, 0.4) is 0 Å². The topological polar surface area (TPSA) is 324 Å². The second kappa shape index (κ2) is 16.3. The molecule has 10 atom stereocenters. The van der Waals surface area contributed by atoms with Crippen LogP contribution in [0.25, 0.3) is 11.2 Å². The molecule has 8 N–H and O–H groups in total. The second-order valence-electron chi connectivity index (χ2n) is 10.6. The summed E-state index contributed by atoms with van der Waals surface area (Å²) in [6.45, 7) is -0.0487. The molecule has 5 rings (SSSR count). The molecule has 2 saturated heterocycles. The summed E-state index contributed by atoms with van der Waals surface area (Å²) in [6, 6.07) is 2.81. The zero-order valence-electron chi connectivity index (χ0n) is 25.9. The van der Waals surface area contributed by atoms with Gasteiger partial charge < -0.3 is 60.2 Å². The van der Waals surface area contributed by atoms with E-state index in [1.54, 1.807) is 0 Å². The number of ether oxygens (including phenoxy) is 2. The van der Waals surface area contributed by atoms with Crippen molar-refractivity contribution >= 4 is 50.3 Å². The number of nitrogen functional groups attached to an aromatic ring is 1. The van der Waals surface area contributed by atoms with Gasteiger partial charge in [0.2, 0.25) is 0 Å². The van der Waals surface area contributed by atoms with Crippen LogP contribution in [0.5, 0.6) is 0 Å². The molecular formula is C24H32N7NaO14P2S. The molecule has 2 unspecified atom stereocenters. The molecule has 1 amide bonds. The van der Waals surface area contributed by atoms with E-state index in [0.717, 1.165) is 6.42 Å². The summed E-state index contributed by atoms with van der Waals surface area (Å²) < 4.78 is 51.9. The molecule has 0 spiro atoms. The molecule has 21 nitrogen and oxygen atoms in total. The van der Waals surface area contributed by atoms with E-state index in [1.807, 2.05) is 6.92 Å². The number of carbonyl (C=O) groups is 1. The fraction of sp³-hybridized carbons (Fsp3) is 0.542. The molecule has 0 radical (unpaired) electrons. The number of imidazole rings is 1. The third-order valence-electron chi connectivity index (χ3n) is 7.23. The van der Waals surface area contributed by atoms with Gasteiger partial charge in [0.1, 0.15) is 42.4 Å². The number of aromatic nitrogens is 5. The summed E-state index contributed by atoms with van der Waals surface area (Å²) in [5.74, 6) is -0.115. The van der Waals surface area contributed by atoms with Crippen molar-refractivity contribution in [3.8, 4) is 0 Å². The van der Waals surface area contributed by atoms with Gasteiger partial charge in [-0.05, 0) is 12.5 Å². The van der Waals surface area contributed by atoms with Gasteiger partial charge in [0.05, 0.1) is 13.2 Å². The molecule has 0 saturated carbocycles. The Morgan fingerprint density at radius 1 is 1.06 bits per heavy atom. The van der Waals surface area contributed by atoms with Gasteiger partial charge in [-0.2, -0.15) is 4.57 Å². The monoisotopic (exact) mass is 759 g/mol. The van der Waals surface area contributed by atoms with Gasteiger partial charge in [0.25, 0.3) is 27.8 Å². The average molecular weight is 760 g/mol. The number of thioether (sulfide) groups is 1. The molecule has 3 aromatic rings. The standard InChI is InChI=1S/C24H33N7O14P2S.Na/c1-2-6-48-24-29-14-19(25)27-10-28-21(14)31(24)23-18(35)16(33)13(44-23)9-42-47(39,40)45-46(37,38)41-8-12-15(32)17(34)22(43-12)30-5-3-4-11(7-30)20(26)36;/h3-5,7,10,12-13,15-18,22-23,32-35H,2,6,8-9H2,1H3,(H5-,25,26,27,28,36,37,38,39,40);/q;+1/p-1/t12-,13-,15-,16-,17-,18-,22-,23-;/m1./s1. The number of fused-ring (bicyclic) bond motifs is 1. The predicted molar refractivity (Wildman–Crippen MR) is 156 cm³/mol. The number of nitrogens with zero attached hydrogens (tertiary/aromatic N) is 5. The first kappa shape index (κ1) is 40.1. The number of nitrogens with two attached hydrogens (primary N) is 2. The average Bonchev–Trinajstić information content (AvgIpc) is 3.64. The van der Waals surface area contributed by atoms with Crippen molar-refractivity contribution in [3.05, 3.63) is 36.4 Å². The Labute approximate surface area is 304 Å². The van der Waals surface area contributed by atoms with Crippen LogP contribution in [0.1, 0.15) is 36.2 Å². The number of aliphatic hydroxyl groups is 4. The summed E-state index contributed by atoms with van der Waals surface area (Å²) in [4.78, 5) is 48.7. The molecule has 2 fully saturated rings. The fourth-order valence-electron chi connectivity index (χ4n) is 4.92. The first-order valence-corrected chi connectivity index (χ1v) is 18.1. The van der Waals surface area contributed by atoms with E-state index in [1.165, 1.54) is 51.7 Å². The van der Waals surface area contributed by atoms with Crippen molar-refractivity contribution in [1.82, 2.24) is 19.5 Å². The Morgan fingerprint density at radius 3 is 2.33 bits per heavy atom. The minimum Gasteiger partial charge on any atom is -0.756 e. The van der Waals surface area contributed by atoms with Crippen LogP contribution >= 0.6 is 27.4 Å². The van der Waals surface area contributed by atoms with Crippen LogP contribution in [0, 0.1) is 0 Å². The molecular weight excluding hydrogens is 727 g/mol. The normalized spacial score (nSPS) is 29.4. The summed E-state index contributed by atoms with van der Waals surface area (Å²) in [5, 5.41) is 42.5. The van der Waals surface area contributed by atoms with Crippen LogP contribution in [-0.4, -0.2) is 101 Å².